The van der Waals surface area contributed by atoms with Crippen LogP contribution in [0.5, 0.6) is 0 Å². The Morgan fingerprint density at radius 1 is 1.27 bits per heavy atom. The summed E-state index contributed by atoms with van der Waals surface area (Å²) in [6.45, 7) is 3.21. The van der Waals surface area contributed by atoms with Gasteiger partial charge in [-0.15, -0.1) is 0 Å². The molecule has 7 heteroatoms. The first-order valence-electron chi connectivity index (χ1n) is 8.21. The summed E-state index contributed by atoms with van der Waals surface area (Å²) in [6.07, 6.45) is 0. The Kier molecular flexibility index (Phi) is 5.47. The van der Waals surface area contributed by atoms with Crippen LogP contribution in [0.3, 0.4) is 0 Å². The number of carbonyl (C=O) groups is 1. The molecule has 0 aliphatic heterocycles. The number of rotatable bonds is 5. The van der Waals surface area contributed by atoms with Crippen molar-refractivity contribution in [3.8, 4) is 0 Å². The minimum Gasteiger partial charge on any atom is -0.408 e. The van der Waals surface area contributed by atoms with Crippen molar-refractivity contribution in [1.29, 1.82) is 0 Å². The lowest BCUT2D eigenvalue weighted by atomic mass is 10.1. The predicted molar refractivity (Wildman–Crippen MR) is 111 cm³/mol. The van der Waals surface area contributed by atoms with Gasteiger partial charge in [-0.3, -0.25) is 9.36 Å². The van der Waals surface area contributed by atoms with E-state index in [1.807, 2.05) is 38.1 Å². The maximum Gasteiger partial charge on any atom is 0.419 e. The highest BCUT2D eigenvalue weighted by atomic mass is 127. The first kappa shape index (κ1) is 18.7. The number of nitrogens with zero attached hydrogens (tertiary/aromatic N) is 2. The lowest BCUT2D eigenvalue weighted by molar-refractivity contribution is 0.102. The smallest absolute Gasteiger partial charge is 0.408 e. The van der Waals surface area contributed by atoms with E-state index >= 15 is 0 Å². The molecule has 0 atom stereocenters. The van der Waals surface area contributed by atoms with Crippen LogP contribution in [0, 0.1) is 10.5 Å². The fourth-order valence-electron chi connectivity index (χ4n) is 2.67. The van der Waals surface area contributed by atoms with Crippen LogP contribution in [-0.2, 0) is 6.54 Å². The average Bonchev–Trinajstić information content (AvgIpc) is 2.90. The number of aryl methyl sites for hydroxylation is 1. The van der Waals surface area contributed by atoms with E-state index in [-0.39, 0.29) is 5.91 Å². The molecular formula is C19H20IN3O3. The molecular weight excluding hydrogens is 445 g/mol. The third-order valence-electron chi connectivity index (χ3n) is 4.13. The largest absolute Gasteiger partial charge is 0.419 e. The van der Waals surface area contributed by atoms with Gasteiger partial charge >= 0.3 is 5.76 Å². The molecule has 2 aromatic carbocycles. The van der Waals surface area contributed by atoms with Crippen molar-refractivity contribution >= 4 is 45.3 Å². The van der Waals surface area contributed by atoms with Gasteiger partial charge in [0.15, 0.2) is 5.58 Å². The number of fused-ring (bicyclic) bond motifs is 1. The monoisotopic (exact) mass is 465 g/mol. The number of hydrogen-bond acceptors (Lipinski definition) is 4. The molecule has 0 saturated carbocycles. The average molecular weight is 465 g/mol. The normalized spacial score (nSPS) is 11.3. The van der Waals surface area contributed by atoms with Gasteiger partial charge < -0.3 is 14.6 Å². The summed E-state index contributed by atoms with van der Waals surface area (Å²) >= 11 is 2.18. The summed E-state index contributed by atoms with van der Waals surface area (Å²) in [4.78, 5) is 26.7. The van der Waals surface area contributed by atoms with Crippen molar-refractivity contribution in [1.82, 2.24) is 9.47 Å². The first-order valence-corrected chi connectivity index (χ1v) is 9.29. The molecule has 0 saturated heterocycles. The maximum atomic E-state index is 12.6. The second-order valence-corrected chi connectivity index (χ2v) is 7.47. The van der Waals surface area contributed by atoms with E-state index in [0.29, 0.717) is 35.4 Å². The molecule has 0 spiro atoms. The van der Waals surface area contributed by atoms with Gasteiger partial charge in [-0.2, -0.15) is 0 Å². The lowest BCUT2D eigenvalue weighted by Crippen LogP contribution is -2.23. The van der Waals surface area contributed by atoms with Crippen molar-refractivity contribution in [2.24, 2.45) is 0 Å². The van der Waals surface area contributed by atoms with Crippen molar-refractivity contribution < 1.29 is 9.21 Å². The second-order valence-electron chi connectivity index (χ2n) is 6.40. The van der Waals surface area contributed by atoms with E-state index in [0.717, 1.165) is 9.13 Å². The number of anilines is 1. The lowest BCUT2D eigenvalue weighted by Gasteiger charge is -2.10. The zero-order chi connectivity index (χ0) is 18.8. The molecule has 0 bridgehead atoms. The summed E-state index contributed by atoms with van der Waals surface area (Å²) in [6, 6.07) is 10.9. The van der Waals surface area contributed by atoms with Crippen molar-refractivity contribution in [3.63, 3.8) is 0 Å². The molecule has 0 aliphatic carbocycles. The molecule has 0 aliphatic rings. The van der Waals surface area contributed by atoms with Gasteiger partial charge in [-0.05, 0) is 73.4 Å². The number of benzene rings is 2. The molecule has 1 amide bonds. The van der Waals surface area contributed by atoms with E-state index in [1.165, 1.54) is 0 Å². The highest BCUT2D eigenvalue weighted by molar-refractivity contribution is 14.1. The van der Waals surface area contributed by atoms with Crippen LogP contribution in [-0.4, -0.2) is 36.0 Å². The third-order valence-corrected chi connectivity index (χ3v) is 5.56. The van der Waals surface area contributed by atoms with E-state index in [2.05, 4.69) is 27.9 Å². The Bertz CT molecular complexity index is 1020. The second kappa shape index (κ2) is 7.63. The number of amides is 1. The third kappa shape index (κ3) is 3.83. The van der Waals surface area contributed by atoms with Crippen LogP contribution < -0.4 is 11.1 Å². The highest BCUT2D eigenvalue weighted by Crippen LogP contribution is 2.21. The Morgan fingerprint density at radius 2 is 2.04 bits per heavy atom. The number of oxazole rings is 1. The van der Waals surface area contributed by atoms with E-state index < -0.39 is 5.76 Å². The molecule has 136 valence electrons. The minimum absolute atomic E-state index is 0.178. The molecule has 0 radical (unpaired) electrons. The summed E-state index contributed by atoms with van der Waals surface area (Å²) < 4.78 is 7.80. The highest BCUT2D eigenvalue weighted by Gasteiger charge is 2.14. The SMILES string of the molecule is Cc1cccc(C(=O)Nc2ccc3oc(=O)n(CCN(C)C)c3c2)c1I. The summed E-state index contributed by atoms with van der Waals surface area (Å²) in [5.74, 6) is -0.568. The number of aromatic nitrogens is 1. The van der Waals surface area contributed by atoms with Crippen molar-refractivity contribution in [2.75, 3.05) is 26.0 Å². The topological polar surface area (TPSA) is 67.5 Å². The quantitative estimate of drug-likeness (QED) is 0.588. The van der Waals surface area contributed by atoms with Crippen LogP contribution in [0.2, 0.25) is 0 Å². The number of halogens is 1. The zero-order valence-corrected chi connectivity index (χ0v) is 17.0. The van der Waals surface area contributed by atoms with Gasteiger partial charge in [0.2, 0.25) is 0 Å². The zero-order valence-electron chi connectivity index (χ0n) is 14.9. The molecule has 6 nitrogen and oxygen atoms in total. The summed E-state index contributed by atoms with van der Waals surface area (Å²) in [5, 5.41) is 2.91. The summed E-state index contributed by atoms with van der Waals surface area (Å²) in [7, 11) is 3.89. The Morgan fingerprint density at radius 3 is 2.77 bits per heavy atom. The Labute approximate surface area is 164 Å². The Hall–Kier alpha value is -2.13. The molecule has 3 aromatic rings. The number of hydrogen-bond donors (Lipinski definition) is 1. The van der Waals surface area contributed by atoms with Gasteiger partial charge in [-0.25, -0.2) is 4.79 Å². The van der Waals surface area contributed by atoms with Gasteiger partial charge in [0, 0.05) is 22.3 Å². The van der Waals surface area contributed by atoms with E-state index in [4.69, 9.17) is 4.42 Å². The Balaban J connectivity index is 1.91. The van der Waals surface area contributed by atoms with Crippen LogP contribution in [0.15, 0.2) is 45.6 Å². The van der Waals surface area contributed by atoms with Crippen LogP contribution in [0.4, 0.5) is 5.69 Å². The van der Waals surface area contributed by atoms with E-state index in [9.17, 15) is 9.59 Å². The van der Waals surface area contributed by atoms with Crippen molar-refractivity contribution in [3.05, 3.63) is 61.6 Å². The maximum absolute atomic E-state index is 12.6. The molecule has 1 N–H and O–H groups in total. The van der Waals surface area contributed by atoms with Crippen LogP contribution in [0.25, 0.3) is 11.1 Å². The molecule has 0 unspecified atom stereocenters. The minimum atomic E-state index is -0.390. The van der Waals surface area contributed by atoms with Gasteiger partial charge in [0.05, 0.1) is 11.1 Å². The number of carbonyl (C=O) groups excluding carboxylic acids is 1. The molecule has 1 aromatic heterocycles. The number of nitrogens with one attached hydrogen (secondary N) is 1. The fraction of sp³-hybridized carbons (Fsp3) is 0.263. The van der Waals surface area contributed by atoms with Crippen molar-refractivity contribution in [2.45, 2.75) is 13.5 Å². The predicted octanol–water partition coefficient (Wildman–Crippen LogP) is 3.32. The van der Waals surface area contributed by atoms with Gasteiger partial charge in [0.1, 0.15) is 0 Å². The molecule has 3 rings (SSSR count). The van der Waals surface area contributed by atoms with Crippen LogP contribution >= 0.6 is 22.6 Å². The standard InChI is InChI=1S/C19H20IN3O3/c1-12-5-4-6-14(17(12)20)18(24)21-13-7-8-16-15(11-13)23(19(25)26-16)10-9-22(2)3/h4-8,11H,9-10H2,1-3H3,(H,21,24). The molecule has 0 fully saturated rings. The number of likely N-dealkylation sites (N-methyl/N-ethyl adjacent to an activating group) is 1. The fourth-order valence-corrected chi connectivity index (χ4v) is 3.28. The molecule has 1 heterocycles. The van der Waals surface area contributed by atoms with Crippen LogP contribution in [0.1, 0.15) is 15.9 Å². The van der Waals surface area contributed by atoms with E-state index in [1.54, 1.807) is 28.8 Å². The molecule has 26 heavy (non-hydrogen) atoms. The van der Waals surface area contributed by atoms with Gasteiger partial charge in [0.25, 0.3) is 5.91 Å². The van der Waals surface area contributed by atoms with Gasteiger partial charge in [-0.1, -0.05) is 12.1 Å². The summed E-state index contributed by atoms with van der Waals surface area (Å²) in [5.41, 5.74) is 3.49. The first-order chi connectivity index (χ1) is 12.4.